The Morgan fingerprint density at radius 1 is 0.824 bits per heavy atom. The Kier molecular flexibility index (Phi) is 5.71. The zero-order chi connectivity index (χ0) is 23.8. The Bertz CT molecular complexity index is 1390. The summed E-state index contributed by atoms with van der Waals surface area (Å²) in [6.45, 7) is 6.75. The number of para-hydroxylation sites is 1. The second kappa shape index (κ2) is 8.70. The van der Waals surface area contributed by atoms with Gasteiger partial charge in [-0.25, -0.2) is 14.6 Å². The van der Waals surface area contributed by atoms with Crippen LogP contribution in [0.25, 0.3) is 16.7 Å². The molecule has 2 heterocycles. The van der Waals surface area contributed by atoms with Crippen LogP contribution >= 0.6 is 11.6 Å². The largest absolute Gasteiger partial charge is 0.520 e. The third-order valence-corrected chi connectivity index (χ3v) is 11.2. The van der Waals surface area contributed by atoms with E-state index in [0.717, 1.165) is 10.9 Å². The maximum Gasteiger partial charge on any atom is 0.322 e. The fourth-order valence-electron chi connectivity index (χ4n) is 4.53. The Hall–Kier alpha value is -3.48. The maximum atomic E-state index is 7.21. The fourth-order valence-corrected chi connectivity index (χ4v) is 9.09. The fraction of sp³-hybridized carbons (Fsp3) is 0.148. The minimum absolute atomic E-state index is 0.187. The Balaban J connectivity index is 1.78. The number of hydrogen-bond donors (Lipinski definition) is 0. The number of rotatable bonds is 5. The highest BCUT2D eigenvalue weighted by Crippen LogP contribution is 2.39. The average Bonchev–Trinajstić information content (AvgIpc) is 3.21. The monoisotopic (exact) mass is 484 g/mol. The molecule has 0 aliphatic rings. The molecule has 0 atom stereocenters. The zero-order valence-corrected chi connectivity index (χ0v) is 21.1. The lowest BCUT2D eigenvalue weighted by Gasteiger charge is -2.42. The molecule has 7 heteroatoms. The molecule has 0 unspecified atom stereocenters. The third-order valence-electron chi connectivity index (χ3n) is 6.07. The van der Waals surface area contributed by atoms with E-state index < -0.39 is 8.32 Å². The quantitative estimate of drug-likeness (QED) is 0.313. The van der Waals surface area contributed by atoms with Gasteiger partial charge in [0.25, 0.3) is 0 Å². The van der Waals surface area contributed by atoms with Crippen molar-refractivity contribution in [1.29, 1.82) is 0 Å². The van der Waals surface area contributed by atoms with Gasteiger partial charge in [0, 0.05) is 0 Å². The first-order valence-electron chi connectivity index (χ1n) is 11.2. The van der Waals surface area contributed by atoms with Crippen molar-refractivity contribution in [2.75, 3.05) is 0 Å². The summed E-state index contributed by atoms with van der Waals surface area (Å²) in [6, 6.07) is 29.1. The first-order chi connectivity index (χ1) is 16.4. The summed E-state index contributed by atoms with van der Waals surface area (Å²) in [5, 5.41) is 8.44. The van der Waals surface area contributed by atoms with E-state index >= 15 is 0 Å². The number of hydrogen-bond acceptors (Lipinski definition) is 4. The lowest BCUT2D eigenvalue weighted by atomic mass is 10.2. The topological polar surface area (TPSA) is 52.8 Å². The minimum atomic E-state index is -2.85. The van der Waals surface area contributed by atoms with Crippen molar-refractivity contribution in [3.05, 3.63) is 102 Å². The lowest BCUT2D eigenvalue weighted by molar-refractivity contribution is 0.490. The van der Waals surface area contributed by atoms with E-state index in [9.17, 15) is 0 Å². The van der Waals surface area contributed by atoms with Crippen LogP contribution in [0.4, 0.5) is 0 Å². The van der Waals surface area contributed by atoms with Crippen molar-refractivity contribution in [3.8, 4) is 11.7 Å². The highest BCUT2D eigenvalue weighted by molar-refractivity contribution is 7.00. The molecule has 0 bridgehead atoms. The molecule has 3 aromatic carbocycles. The van der Waals surface area contributed by atoms with Crippen LogP contribution in [0, 0.1) is 0 Å². The van der Waals surface area contributed by atoms with Crippen molar-refractivity contribution < 1.29 is 4.43 Å². The SMILES string of the molecule is CC(C)(C)[Si](Oc1nn(-c2ncncc2Cl)c2ccccc12)(c1ccccc1)c1ccccc1. The van der Waals surface area contributed by atoms with Crippen molar-refractivity contribution >= 4 is 41.2 Å². The molecule has 0 fully saturated rings. The van der Waals surface area contributed by atoms with Gasteiger partial charge in [-0.3, -0.25) is 0 Å². The first-order valence-corrected chi connectivity index (χ1v) is 13.4. The van der Waals surface area contributed by atoms with E-state index in [1.807, 2.05) is 36.4 Å². The molecule has 0 radical (unpaired) electrons. The van der Waals surface area contributed by atoms with Gasteiger partial charge in [-0.2, -0.15) is 0 Å². The van der Waals surface area contributed by atoms with Gasteiger partial charge in [0.05, 0.1) is 17.1 Å². The Labute approximate surface area is 205 Å². The lowest BCUT2D eigenvalue weighted by Crippen LogP contribution is -2.68. The number of aromatic nitrogens is 4. The third kappa shape index (κ3) is 3.69. The molecular formula is C27H25ClN4OSi. The second-order valence-electron chi connectivity index (χ2n) is 9.19. The predicted octanol–water partition coefficient (Wildman–Crippen LogP) is 5.41. The van der Waals surface area contributed by atoms with Gasteiger partial charge in [-0.15, -0.1) is 5.10 Å². The molecule has 0 aliphatic carbocycles. The summed E-state index contributed by atoms with van der Waals surface area (Å²) in [6.07, 6.45) is 3.04. The molecule has 5 aromatic rings. The van der Waals surface area contributed by atoms with Gasteiger partial charge in [0.1, 0.15) is 11.3 Å². The van der Waals surface area contributed by atoms with Crippen LogP contribution in [0.2, 0.25) is 10.1 Å². The summed E-state index contributed by atoms with van der Waals surface area (Å²) in [4.78, 5) is 8.41. The highest BCUT2D eigenvalue weighted by Gasteiger charge is 2.52. The van der Waals surface area contributed by atoms with E-state index in [2.05, 4.69) is 79.3 Å². The molecule has 34 heavy (non-hydrogen) atoms. The Morgan fingerprint density at radius 2 is 1.41 bits per heavy atom. The zero-order valence-electron chi connectivity index (χ0n) is 19.3. The van der Waals surface area contributed by atoms with Crippen LogP contribution in [-0.4, -0.2) is 28.1 Å². The molecule has 0 saturated carbocycles. The molecule has 5 rings (SSSR count). The highest BCUT2D eigenvalue weighted by atomic mass is 35.5. The summed E-state index contributed by atoms with van der Waals surface area (Å²) in [5.74, 6) is 1.09. The molecule has 2 aromatic heterocycles. The molecule has 0 amide bonds. The van der Waals surface area contributed by atoms with Crippen LogP contribution in [0.1, 0.15) is 20.8 Å². The summed E-state index contributed by atoms with van der Waals surface area (Å²) in [5.41, 5.74) is 0.871. The molecule has 0 N–H and O–H groups in total. The molecule has 0 saturated heterocycles. The standard InChI is InChI=1S/C27H25ClN4OSi/c1-27(2,3)34(20-12-6-4-7-13-20,21-14-8-5-9-15-21)33-26-22-16-10-11-17-24(22)32(31-26)25-23(28)18-29-19-30-25/h4-19H,1-3H3. The van der Waals surface area contributed by atoms with Gasteiger partial charge < -0.3 is 4.43 Å². The van der Waals surface area contributed by atoms with E-state index in [0.29, 0.717) is 16.7 Å². The summed E-state index contributed by atoms with van der Waals surface area (Å²) < 4.78 is 8.96. The van der Waals surface area contributed by atoms with Gasteiger partial charge in [0.15, 0.2) is 5.82 Å². The number of benzene rings is 3. The van der Waals surface area contributed by atoms with Crippen molar-refractivity contribution in [2.24, 2.45) is 0 Å². The normalized spacial score (nSPS) is 12.1. The van der Waals surface area contributed by atoms with Gasteiger partial charge >= 0.3 is 8.32 Å². The van der Waals surface area contributed by atoms with Gasteiger partial charge in [-0.1, -0.05) is 105 Å². The smallest absolute Gasteiger partial charge is 0.322 e. The molecule has 0 spiro atoms. The number of nitrogens with zero attached hydrogens (tertiary/aromatic N) is 4. The second-order valence-corrected chi connectivity index (χ2v) is 13.8. The number of halogens is 1. The predicted molar refractivity (Wildman–Crippen MR) is 140 cm³/mol. The molecule has 0 aliphatic heterocycles. The van der Waals surface area contributed by atoms with E-state index in [1.54, 1.807) is 10.9 Å². The average molecular weight is 485 g/mol. The van der Waals surface area contributed by atoms with E-state index in [4.69, 9.17) is 21.1 Å². The summed E-state index contributed by atoms with van der Waals surface area (Å²) >= 11 is 6.45. The van der Waals surface area contributed by atoms with Crippen LogP contribution in [0.15, 0.2) is 97.5 Å². The van der Waals surface area contributed by atoms with Crippen LogP contribution in [-0.2, 0) is 0 Å². The van der Waals surface area contributed by atoms with Crippen LogP contribution < -0.4 is 14.8 Å². The van der Waals surface area contributed by atoms with Crippen molar-refractivity contribution in [1.82, 2.24) is 19.7 Å². The maximum absolute atomic E-state index is 7.21. The first kappa shape index (κ1) is 22.3. The van der Waals surface area contributed by atoms with Gasteiger partial charge in [-0.05, 0) is 27.5 Å². The van der Waals surface area contributed by atoms with Gasteiger partial charge in [0.2, 0.25) is 5.88 Å². The van der Waals surface area contributed by atoms with E-state index in [1.165, 1.54) is 16.7 Å². The Morgan fingerprint density at radius 3 is 2.00 bits per heavy atom. The number of fused-ring (bicyclic) bond motifs is 1. The molecule has 5 nitrogen and oxygen atoms in total. The van der Waals surface area contributed by atoms with Crippen molar-refractivity contribution in [3.63, 3.8) is 0 Å². The molecule has 170 valence electrons. The van der Waals surface area contributed by atoms with Crippen LogP contribution in [0.5, 0.6) is 5.88 Å². The van der Waals surface area contributed by atoms with Crippen molar-refractivity contribution in [2.45, 2.75) is 25.8 Å². The summed E-state index contributed by atoms with van der Waals surface area (Å²) in [7, 11) is -2.85. The minimum Gasteiger partial charge on any atom is -0.520 e. The van der Waals surface area contributed by atoms with E-state index in [-0.39, 0.29) is 5.04 Å². The molecular weight excluding hydrogens is 460 g/mol. The van der Waals surface area contributed by atoms with Crippen LogP contribution in [0.3, 0.4) is 0 Å².